The van der Waals surface area contributed by atoms with Crippen LogP contribution in [-0.4, -0.2) is 26.9 Å². The third kappa shape index (κ3) is 4.26. The third-order valence-corrected chi connectivity index (χ3v) is 4.87. The first kappa shape index (κ1) is 20.4. The summed E-state index contributed by atoms with van der Waals surface area (Å²) in [5, 5.41) is 1.02. The third-order valence-electron chi connectivity index (χ3n) is 4.63. The summed E-state index contributed by atoms with van der Waals surface area (Å²) in [7, 11) is 0. The fraction of sp³-hybridized carbons (Fsp3) is 0.550. The van der Waals surface area contributed by atoms with Crippen LogP contribution in [-0.2, 0) is 11.3 Å². The minimum atomic E-state index is -0.257. The van der Waals surface area contributed by atoms with Crippen molar-refractivity contribution in [3.63, 3.8) is 0 Å². The average molecular weight is 378 g/mol. The Bertz CT molecular complexity index is 832. The maximum Gasteiger partial charge on any atom is 0.261 e. The Hall–Kier alpha value is -1.88. The molecule has 0 bridgehead atoms. The molecular formula is C20H28ClN3O2. The zero-order valence-electron chi connectivity index (χ0n) is 16.1. The second-order valence-electron chi connectivity index (χ2n) is 6.55. The van der Waals surface area contributed by atoms with Crippen LogP contribution in [0.1, 0.15) is 65.2 Å². The molecule has 1 aromatic carbocycles. The van der Waals surface area contributed by atoms with E-state index in [1.807, 2.05) is 18.7 Å². The van der Waals surface area contributed by atoms with E-state index < -0.39 is 0 Å². The van der Waals surface area contributed by atoms with E-state index in [1.165, 1.54) is 0 Å². The number of fused-ring (bicyclic) bond motifs is 1. The quantitative estimate of drug-likeness (QED) is 0.677. The fourth-order valence-electron chi connectivity index (χ4n) is 3.22. The van der Waals surface area contributed by atoms with Crippen LogP contribution < -0.4 is 5.56 Å². The number of nitrogens with zero attached hydrogens (tertiary/aromatic N) is 3. The molecule has 0 aliphatic rings. The van der Waals surface area contributed by atoms with Crippen LogP contribution in [0.4, 0.5) is 0 Å². The van der Waals surface area contributed by atoms with Crippen LogP contribution in [0.3, 0.4) is 0 Å². The Labute approximate surface area is 160 Å². The van der Waals surface area contributed by atoms with Crippen molar-refractivity contribution in [1.82, 2.24) is 14.5 Å². The van der Waals surface area contributed by atoms with Crippen LogP contribution in [0.2, 0.25) is 5.02 Å². The summed E-state index contributed by atoms with van der Waals surface area (Å²) in [4.78, 5) is 32.2. The molecule has 0 saturated heterocycles. The van der Waals surface area contributed by atoms with Crippen LogP contribution >= 0.6 is 11.6 Å². The monoisotopic (exact) mass is 377 g/mol. The van der Waals surface area contributed by atoms with Gasteiger partial charge in [-0.3, -0.25) is 14.2 Å². The highest BCUT2D eigenvalue weighted by atomic mass is 35.5. The van der Waals surface area contributed by atoms with Crippen LogP contribution in [0, 0.1) is 0 Å². The first-order chi connectivity index (χ1) is 12.4. The van der Waals surface area contributed by atoms with Crippen LogP contribution in [0.25, 0.3) is 10.9 Å². The van der Waals surface area contributed by atoms with Gasteiger partial charge in [0.1, 0.15) is 5.82 Å². The van der Waals surface area contributed by atoms with Crippen molar-refractivity contribution in [2.45, 2.75) is 66.0 Å². The largest absolute Gasteiger partial charge is 0.333 e. The maximum atomic E-state index is 12.9. The molecule has 26 heavy (non-hydrogen) atoms. The number of carbonyl (C=O) groups excluding carboxylic acids is 1. The molecule has 5 nitrogen and oxygen atoms in total. The van der Waals surface area contributed by atoms with Gasteiger partial charge < -0.3 is 4.90 Å². The predicted molar refractivity (Wildman–Crippen MR) is 107 cm³/mol. The SMILES string of the molecule is CCCCC(=O)N(CCC)C(C)c1nc2ccc(Cl)cc2c(=O)n1CC. The van der Waals surface area contributed by atoms with E-state index in [1.54, 1.807) is 22.8 Å². The van der Waals surface area contributed by atoms with Gasteiger partial charge >= 0.3 is 0 Å². The Morgan fingerprint density at radius 2 is 2.00 bits per heavy atom. The zero-order chi connectivity index (χ0) is 19.3. The minimum absolute atomic E-state index is 0.112. The predicted octanol–water partition coefficient (Wildman–Crippen LogP) is 4.56. The number of hydrogen-bond donors (Lipinski definition) is 0. The van der Waals surface area contributed by atoms with Crippen molar-refractivity contribution in [3.05, 3.63) is 39.4 Å². The summed E-state index contributed by atoms with van der Waals surface area (Å²) in [5.41, 5.74) is 0.503. The number of amides is 1. The topological polar surface area (TPSA) is 55.2 Å². The number of hydrogen-bond acceptors (Lipinski definition) is 3. The van der Waals surface area contributed by atoms with Crippen molar-refractivity contribution in [1.29, 1.82) is 0 Å². The molecule has 0 radical (unpaired) electrons. The van der Waals surface area contributed by atoms with Crippen molar-refractivity contribution in [2.24, 2.45) is 0 Å². The minimum Gasteiger partial charge on any atom is -0.333 e. The van der Waals surface area contributed by atoms with Gasteiger partial charge in [0, 0.05) is 24.5 Å². The molecule has 2 rings (SSSR count). The van der Waals surface area contributed by atoms with Crippen molar-refractivity contribution in [2.75, 3.05) is 6.54 Å². The van der Waals surface area contributed by atoms with E-state index in [-0.39, 0.29) is 17.5 Å². The molecule has 0 fully saturated rings. The van der Waals surface area contributed by atoms with Gasteiger partial charge in [-0.1, -0.05) is 31.9 Å². The summed E-state index contributed by atoms with van der Waals surface area (Å²) in [6, 6.07) is 4.89. The van der Waals surface area contributed by atoms with Gasteiger partial charge in [-0.25, -0.2) is 4.98 Å². The molecule has 0 N–H and O–H groups in total. The van der Waals surface area contributed by atoms with Crippen molar-refractivity contribution in [3.8, 4) is 0 Å². The van der Waals surface area contributed by atoms with Gasteiger partial charge in [-0.2, -0.15) is 0 Å². The number of carbonyl (C=O) groups is 1. The molecule has 0 spiro atoms. The molecule has 0 aliphatic carbocycles. The number of unbranched alkanes of at least 4 members (excludes halogenated alkanes) is 1. The second-order valence-corrected chi connectivity index (χ2v) is 6.98. The molecule has 1 amide bonds. The Morgan fingerprint density at radius 3 is 2.62 bits per heavy atom. The Morgan fingerprint density at radius 1 is 1.27 bits per heavy atom. The molecule has 1 aromatic heterocycles. The Kier molecular flexibility index (Phi) is 7.21. The molecule has 0 aliphatic heterocycles. The summed E-state index contributed by atoms with van der Waals surface area (Å²) < 4.78 is 1.65. The number of rotatable bonds is 8. The van der Waals surface area contributed by atoms with E-state index >= 15 is 0 Å². The highest BCUT2D eigenvalue weighted by Crippen LogP contribution is 2.23. The first-order valence-corrected chi connectivity index (χ1v) is 9.81. The molecule has 1 unspecified atom stereocenters. The standard InChI is InChI=1S/C20H28ClN3O2/c1-5-8-9-18(25)24(12-6-2)14(4)19-22-17-11-10-15(21)13-16(17)20(26)23(19)7-3/h10-11,13-14H,5-9,12H2,1-4H3. The van der Waals surface area contributed by atoms with Crippen molar-refractivity contribution < 1.29 is 4.79 Å². The van der Waals surface area contributed by atoms with E-state index in [4.69, 9.17) is 16.6 Å². The Balaban J connectivity index is 2.53. The second kappa shape index (κ2) is 9.17. The van der Waals surface area contributed by atoms with Crippen molar-refractivity contribution >= 4 is 28.4 Å². The van der Waals surface area contributed by atoms with Crippen LogP contribution in [0.5, 0.6) is 0 Å². The van der Waals surface area contributed by atoms with E-state index in [9.17, 15) is 9.59 Å². The smallest absolute Gasteiger partial charge is 0.261 e. The van der Waals surface area contributed by atoms with Gasteiger partial charge in [0.2, 0.25) is 5.91 Å². The molecule has 2 aromatic rings. The molecule has 142 valence electrons. The number of halogens is 1. The average Bonchev–Trinajstić information content (AvgIpc) is 2.64. The lowest BCUT2D eigenvalue weighted by atomic mass is 10.1. The lowest BCUT2D eigenvalue weighted by Crippen LogP contribution is -2.38. The van der Waals surface area contributed by atoms with E-state index in [0.717, 1.165) is 19.3 Å². The number of aromatic nitrogens is 2. The van der Waals surface area contributed by atoms with Gasteiger partial charge in [0.15, 0.2) is 0 Å². The highest BCUT2D eigenvalue weighted by Gasteiger charge is 2.25. The lowest BCUT2D eigenvalue weighted by Gasteiger charge is -2.30. The van der Waals surface area contributed by atoms with Gasteiger partial charge in [-0.15, -0.1) is 0 Å². The summed E-state index contributed by atoms with van der Waals surface area (Å²) in [5.74, 6) is 0.750. The molecule has 1 atom stereocenters. The van der Waals surface area contributed by atoms with Gasteiger partial charge in [-0.05, 0) is 44.9 Å². The van der Waals surface area contributed by atoms with Crippen LogP contribution in [0.15, 0.2) is 23.0 Å². The molecule has 1 heterocycles. The number of benzene rings is 1. The van der Waals surface area contributed by atoms with Gasteiger partial charge in [0.25, 0.3) is 5.56 Å². The molecular weight excluding hydrogens is 350 g/mol. The van der Waals surface area contributed by atoms with Gasteiger partial charge in [0.05, 0.1) is 16.9 Å². The summed E-state index contributed by atoms with van der Waals surface area (Å²) in [6.07, 6.45) is 3.24. The maximum absolute atomic E-state index is 12.9. The summed E-state index contributed by atoms with van der Waals surface area (Å²) in [6.45, 7) is 9.15. The zero-order valence-corrected chi connectivity index (χ0v) is 16.8. The van der Waals surface area contributed by atoms with E-state index in [2.05, 4.69) is 13.8 Å². The highest BCUT2D eigenvalue weighted by molar-refractivity contribution is 6.31. The van der Waals surface area contributed by atoms with E-state index in [0.29, 0.717) is 41.3 Å². The molecule has 0 saturated carbocycles. The normalized spacial score (nSPS) is 12.3. The first-order valence-electron chi connectivity index (χ1n) is 9.43. The fourth-order valence-corrected chi connectivity index (χ4v) is 3.39. The molecule has 6 heteroatoms. The lowest BCUT2D eigenvalue weighted by molar-refractivity contribution is -0.133. The summed E-state index contributed by atoms with van der Waals surface area (Å²) >= 11 is 6.04.